The molecule has 10 heteroatoms. The van der Waals surface area contributed by atoms with Crippen LogP contribution >= 0.6 is 0 Å². The molecule has 1 aliphatic heterocycles. The lowest BCUT2D eigenvalue weighted by Crippen LogP contribution is -2.45. The zero-order valence-electron chi connectivity index (χ0n) is 17.9. The molecule has 0 saturated carbocycles. The van der Waals surface area contributed by atoms with Crippen LogP contribution in [0.3, 0.4) is 0 Å². The SMILES string of the molecule is O=C(NCc1cccc(C(F)(F)F)c1)c1coc(CN2CCN(Cc3ccncc3)CC2)n1. The van der Waals surface area contributed by atoms with E-state index in [-0.39, 0.29) is 12.2 Å². The van der Waals surface area contributed by atoms with E-state index >= 15 is 0 Å². The van der Waals surface area contributed by atoms with Gasteiger partial charge in [0.1, 0.15) is 6.26 Å². The second kappa shape index (κ2) is 10.1. The highest BCUT2D eigenvalue weighted by Crippen LogP contribution is 2.29. The zero-order chi connectivity index (χ0) is 23.3. The molecule has 1 N–H and O–H groups in total. The van der Waals surface area contributed by atoms with Crippen LogP contribution in [0.25, 0.3) is 0 Å². The molecule has 0 radical (unpaired) electrons. The summed E-state index contributed by atoms with van der Waals surface area (Å²) in [5.41, 5.74) is 0.936. The van der Waals surface area contributed by atoms with Gasteiger partial charge in [-0.2, -0.15) is 13.2 Å². The Balaban J connectivity index is 1.24. The minimum Gasteiger partial charge on any atom is -0.447 e. The Bertz CT molecular complexity index is 1060. The fraction of sp³-hybridized carbons (Fsp3) is 0.348. The topological polar surface area (TPSA) is 74.5 Å². The van der Waals surface area contributed by atoms with Gasteiger partial charge in [-0.15, -0.1) is 0 Å². The van der Waals surface area contributed by atoms with E-state index in [1.165, 1.54) is 24.0 Å². The third-order valence-electron chi connectivity index (χ3n) is 5.47. The lowest BCUT2D eigenvalue weighted by atomic mass is 10.1. The van der Waals surface area contributed by atoms with Gasteiger partial charge in [0.25, 0.3) is 5.91 Å². The number of piperazine rings is 1. The lowest BCUT2D eigenvalue weighted by Gasteiger charge is -2.33. The first-order chi connectivity index (χ1) is 15.9. The number of carbonyl (C=O) groups excluding carboxylic acids is 1. The number of oxazole rings is 1. The first-order valence-electron chi connectivity index (χ1n) is 10.6. The van der Waals surface area contributed by atoms with E-state index in [9.17, 15) is 18.0 Å². The van der Waals surface area contributed by atoms with E-state index in [1.54, 1.807) is 12.4 Å². The Kier molecular flexibility index (Phi) is 7.05. The van der Waals surface area contributed by atoms with E-state index in [1.807, 2.05) is 12.1 Å². The van der Waals surface area contributed by atoms with Gasteiger partial charge in [-0.3, -0.25) is 19.6 Å². The number of nitrogens with zero attached hydrogens (tertiary/aromatic N) is 4. The van der Waals surface area contributed by atoms with E-state index < -0.39 is 17.6 Å². The molecular formula is C23H24F3N5O2. The fourth-order valence-corrected chi connectivity index (χ4v) is 3.66. The highest BCUT2D eigenvalue weighted by molar-refractivity contribution is 5.91. The fourth-order valence-electron chi connectivity index (χ4n) is 3.66. The molecule has 2 aromatic heterocycles. The average molecular weight is 459 g/mol. The summed E-state index contributed by atoms with van der Waals surface area (Å²) in [5.74, 6) is -0.0635. The molecular weight excluding hydrogens is 435 g/mol. The predicted octanol–water partition coefficient (Wildman–Crippen LogP) is 3.34. The zero-order valence-corrected chi connectivity index (χ0v) is 17.9. The van der Waals surface area contributed by atoms with Crippen LogP contribution in [-0.2, 0) is 25.8 Å². The molecule has 174 valence electrons. The van der Waals surface area contributed by atoms with Gasteiger partial charge in [-0.1, -0.05) is 12.1 Å². The Morgan fingerprint density at radius 1 is 1.00 bits per heavy atom. The first-order valence-corrected chi connectivity index (χ1v) is 10.6. The van der Waals surface area contributed by atoms with E-state index in [2.05, 4.69) is 25.1 Å². The summed E-state index contributed by atoms with van der Waals surface area (Å²) in [7, 11) is 0. The quantitative estimate of drug-likeness (QED) is 0.584. The molecule has 0 aliphatic carbocycles. The van der Waals surface area contributed by atoms with Crippen LogP contribution in [0.1, 0.15) is 33.1 Å². The van der Waals surface area contributed by atoms with Crippen LogP contribution in [0.5, 0.6) is 0 Å². The Hall–Kier alpha value is -3.24. The lowest BCUT2D eigenvalue weighted by molar-refractivity contribution is -0.137. The molecule has 1 saturated heterocycles. The number of amides is 1. The number of carbonyl (C=O) groups is 1. The largest absolute Gasteiger partial charge is 0.447 e. The van der Waals surface area contributed by atoms with Crippen molar-refractivity contribution < 1.29 is 22.4 Å². The molecule has 33 heavy (non-hydrogen) atoms. The molecule has 0 spiro atoms. The number of hydrogen-bond donors (Lipinski definition) is 1. The number of nitrogens with one attached hydrogen (secondary N) is 1. The highest BCUT2D eigenvalue weighted by Gasteiger charge is 2.30. The maximum absolute atomic E-state index is 12.8. The van der Waals surface area contributed by atoms with Crippen LogP contribution in [0, 0.1) is 0 Å². The number of hydrogen-bond acceptors (Lipinski definition) is 6. The summed E-state index contributed by atoms with van der Waals surface area (Å²) in [6, 6.07) is 8.88. The summed E-state index contributed by atoms with van der Waals surface area (Å²) in [4.78, 5) is 25.2. The van der Waals surface area contributed by atoms with Crippen LogP contribution in [-0.4, -0.2) is 51.9 Å². The van der Waals surface area contributed by atoms with E-state index in [0.29, 0.717) is 18.0 Å². The standard InChI is InChI=1S/C23H24F3N5O2/c24-23(25,26)19-3-1-2-18(12-19)13-28-22(32)20-16-33-21(29-20)15-31-10-8-30(9-11-31)14-17-4-6-27-7-5-17/h1-7,12,16H,8-11,13-15H2,(H,28,32). The summed E-state index contributed by atoms with van der Waals surface area (Å²) >= 11 is 0. The van der Waals surface area contributed by atoms with Crippen LogP contribution in [0.2, 0.25) is 0 Å². The van der Waals surface area contributed by atoms with Crippen molar-refractivity contribution in [1.29, 1.82) is 0 Å². The smallest absolute Gasteiger partial charge is 0.416 e. The molecule has 3 heterocycles. The Morgan fingerprint density at radius 2 is 1.70 bits per heavy atom. The number of aromatic nitrogens is 2. The highest BCUT2D eigenvalue weighted by atomic mass is 19.4. The molecule has 3 aromatic rings. The van der Waals surface area contributed by atoms with Crippen molar-refractivity contribution in [3.8, 4) is 0 Å². The third-order valence-corrected chi connectivity index (χ3v) is 5.47. The molecule has 7 nitrogen and oxygen atoms in total. The number of halogens is 3. The monoisotopic (exact) mass is 459 g/mol. The summed E-state index contributed by atoms with van der Waals surface area (Å²) < 4.78 is 43.9. The van der Waals surface area contributed by atoms with Gasteiger partial charge in [0.15, 0.2) is 5.69 Å². The third kappa shape index (κ3) is 6.39. The maximum Gasteiger partial charge on any atom is 0.416 e. The molecule has 0 atom stereocenters. The van der Waals surface area contributed by atoms with E-state index in [4.69, 9.17) is 4.42 Å². The van der Waals surface area contributed by atoms with Gasteiger partial charge >= 0.3 is 6.18 Å². The van der Waals surface area contributed by atoms with Crippen LogP contribution in [0.15, 0.2) is 59.5 Å². The second-order valence-electron chi connectivity index (χ2n) is 7.92. The normalized spacial score (nSPS) is 15.5. The number of benzene rings is 1. The van der Waals surface area contributed by atoms with Crippen molar-refractivity contribution in [3.05, 3.63) is 83.3 Å². The van der Waals surface area contributed by atoms with Gasteiger partial charge in [0, 0.05) is 51.7 Å². The maximum atomic E-state index is 12.8. The second-order valence-corrected chi connectivity index (χ2v) is 7.92. The van der Waals surface area contributed by atoms with Crippen molar-refractivity contribution in [2.75, 3.05) is 26.2 Å². The van der Waals surface area contributed by atoms with Crippen molar-refractivity contribution in [2.24, 2.45) is 0 Å². The van der Waals surface area contributed by atoms with Gasteiger partial charge in [0.2, 0.25) is 5.89 Å². The van der Waals surface area contributed by atoms with Gasteiger partial charge < -0.3 is 9.73 Å². The molecule has 0 bridgehead atoms. The summed E-state index contributed by atoms with van der Waals surface area (Å²) in [6.45, 7) is 4.86. The van der Waals surface area contributed by atoms with Crippen molar-refractivity contribution in [3.63, 3.8) is 0 Å². The van der Waals surface area contributed by atoms with Gasteiger partial charge in [-0.25, -0.2) is 4.98 Å². The minimum atomic E-state index is -4.43. The van der Waals surface area contributed by atoms with Crippen LogP contribution < -0.4 is 5.32 Å². The van der Waals surface area contributed by atoms with Gasteiger partial charge in [0.05, 0.1) is 12.1 Å². The summed E-state index contributed by atoms with van der Waals surface area (Å²) in [6.07, 6.45) is 0.436. The van der Waals surface area contributed by atoms with E-state index in [0.717, 1.165) is 44.9 Å². The molecule has 1 aliphatic rings. The van der Waals surface area contributed by atoms with Crippen molar-refractivity contribution in [1.82, 2.24) is 25.1 Å². The molecule has 1 aromatic carbocycles. The van der Waals surface area contributed by atoms with Crippen molar-refractivity contribution in [2.45, 2.75) is 25.8 Å². The van der Waals surface area contributed by atoms with Crippen LogP contribution in [0.4, 0.5) is 13.2 Å². The first kappa shape index (κ1) is 22.9. The van der Waals surface area contributed by atoms with Crippen molar-refractivity contribution >= 4 is 5.91 Å². The average Bonchev–Trinajstić information content (AvgIpc) is 3.28. The molecule has 0 unspecified atom stereocenters. The molecule has 1 fully saturated rings. The van der Waals surface area contributed by atoms with Gasteiger partial charge in [-0.05, 0) is 35.4 Å². The Morgan fingerprint density at radius 3 is 2.39 bits per heavy atom. The minimum absolute atomic E-state index is 0.0373. The number of pyridine rings is 1. The predicted molar refractivity (Wildman–Crippen MR) is 114 cm³/mol. The summed E-state index contributed by atoms with van der Waals surface area (Å²) in [5, 5.41) is 2.59. The Labute approximate surface area is 189 Å². The molecule has 4 rings (SSSR count). The number of alkyl halides is 3. The molecule has 1 amide bonds. The number of rotatable bonds is 7.